The third-order valence-electron chi connectivity index (χ3n) is 6.30. The van der Waals surface area contributed by atoms with Crippen molar-refractivity contribution in [3.63, 3.8) is 0 Å². The molecule has 0 bridgehead atoms. The van der Waals surface area contributed by atoms with E-state index in [0.717, 1.165) is 43.8 Å². The van der Waals surface area contributed by atoms with Gasteiger partial charge in [0.05, 0.1) is 4.88 Å². The van der Waals surface area contributed by atoms with Gasteiger partial charge in [-0.3, -0.25) is 4.79 Å². The third-order valence-corrected chi connectivity index (χ3v) is 7.59. The molecule has 0 aromatic carbocycles. The van der Waals surface area contributed by atoms with Gasteiger partial charge >= 0.3 is 0 Å². The monoisotopic (exact) mass is 412 g/mol. The maximum Gasteiger partial charge on any atom is 0.261 e. The Morgan fingerprint density at radius 2 is 1.93 bits per heavy atom. The van der Waals surface area contributed by atoms with Crippen molar-refractivity contribution in [1.82, 2.24) is 10.6 Å². The number of alkyl halides is 2. The van der Waals surface area contributed by atoms with Gasteiger partial charge in [0.1, 0.15) is 0 Å². The van der Waals surface area contributed by atoms with Crippen LogP contribution in [0.15, 0.2) is 6.07 Å². The molecule has 2 N–H and O–H groups in total. The summed E-state index contributed by atoms with van der Waals surface area (Å²) in [5.74, 6) is -2.18. The minimum atomic E-state index is -2.56. The summed E-state index contributed by atoms with van der Waals surface area (Å²) in [6.07, 6.45) is 4.64. The molecule has 7 heteroatoms. The van der Waals surface area contributed by atoms with Gasteiger partial charge < -0.3 is 15.4 Å². The molecule has 3 fully saturated rings. The molecule has 2 atom stereocenters. The van der Waals surface area contributed by atoms with Crippen LogP contribution in [0, 0.1) is 0 Å². The largest absolute Gasteiger partial charge is 0.381 e. The lowest BCUT2D eigenvalue weighted by Crippen LogP contribution is -2.40. The van der Waals surface area contributed by atoms with E-state index in [4.69, 9.17) is 4.74 Å². The first kappa shape index (κ1) is 20.2. The molecule has 0 spiro atoms. The molecule has 2 unspecified atom stereocenters. The van der Waals surface area contributed by atoms with E-state index in [1.165, 1.54) is 10.4 Å². The van der Waals surface area contributed by atoms with Crippen molar-refractivity contribution in [1.29, 1.82) is 0 Å². The number of amides is 1. The summed E-state index contributed by atoms with van der Waals surface area (Å²) >= 11 is 1.56. The first-order valence-electron chi connectivity index (χ1n) is 10.6. The van der Waals surface area contributed by atoms with Crippen molar-refractivity contribution in [2.75, 3.05) is 13.2 Å². The molecule has 1 saturated heterocycles. The van der Waals surface area contributed by atoms with Crippen molar-refractivity contribution >= 4 is 17.2 Å². The van der Waals surface area contributed by atoms with E-state index >= 15 is 0 Å². The van der Waals surface area contributed by atoms with Crippen molar-refractivity contribution in [2.45, 2.75) is 88.3 Å². The van der Waals surface area contributed by atoms with Crippen molar-refractivity contribution in [3.05, 3.63) is 21.4 Å². The summed E-state index contributed by atoms with van der Waals surface area (Å²) in [6, 6.07) is 2.96. The van der Waals surface area contributed by atoms with Gasteiger partial charge in [0.25, 0.3) is 5.91 Å². The van der Waals surface area contributed by atoms with Crippen LogP contribution in [0.3, 0.4) is 0 Å². The molecule has 1 aromatic rings. The summed E-state index contributed by atoms with van der Waals surface area (Å²) < 4.78 is 32.1. The fraction of sp³-hybridized carbons (Fsp3) is 0.762. The topological polar surface area (TPSA) is 50.4 Å². The van der Waals surface area contributed by atoms with E-state index in [2.05, 4.69) is 17.6 Å². The number of rotatable bonds is 6. The van der Waals surface area contributed by atoms with E-state index in [1.807, 2.05) is 6.07 Å². The highest BCUT2D eigenvalue weighted by molar-refractivity contribution is 7.14. The molecule has 1 aliphatic heterocycles. The van der Waals surface area contributed by atoms with Crippen LogP contribution >= 0.6 is 11.3 Å². The Morgan fingerprint density at radius 3 is 2.61 bits per heavy atom. The Labute approximate surface area is 169 Å². The highest BCUT2D eigenvalue weighted by Crippen LogP contribution is 2.45. The van der Waals surface area contributed by atoms with E-state index in [0.29, 0.717) is 30.8 Å². The summed E-state index contributed by atoms with van der Waals surface area (Å²) in [5, 5.41) is 6.74. The molecule has 0 radical (unpaired) electrons. The molecular formula is C21H30F2N2O2S. The molecule has 28 heavy (non-hydrogen) atoms. The normalized spacial score (nSPS) is 28.2. The van der Waals surface area contributed by atoms with Gasteiger partial charge in [0.2, 0.25) is 5.92 Å². The Hall–Kier alpha value is -1.05. The van der Waals surface area contributed by atoms with E-state index in [1.54, 1.807) is 11.3 Å². The van der Waals surface area contributed by atoms with Crippen LogP contribution in [-0.4, -0.2) is 43.2 Å². The lowest BCUT2D eigenvalue weighted by atomic mass is 9.92. The standard InChI is InChI=1S/C21H30F2N2O2S/c1-2-18-16(15-11-17(15)24-14-5-9-27-10-6-14)12-19(28-18)20(26)25-13-3-7-21(22,23)8-4-13/h12-15,17,24H,2-11H2,1H3,(H,25,26). The minimum Gasteiger partial charge on any atom is -0.381 e. The second-order valence-electron chi connectivity index (χ2n) is 8.45. The van der Waals surface area contributed by atoms with Crippen LogP contribution in [0.25, 0.3) is 0 Å². The van der Waals surface area contributed by atoms with Crippen LogP contribution in [0.4, 0.5) is 8.78 Å². The molecule has 2 heterocycles. The van der Waals surface area contributed by atoms with Crippen LogP contribution in [0.1, 0.15) is 77.9 Å². The number of nitrogens with one attached hydrogen (secondary N) is 2. The van der Waals surface area contributed by atoms with Crippen LogP contribution < -0.4 is 10.6 Å². The first-order chi connectivity index (χ1) is 13.4. The Balaban J connectivity index is 1.35. The maximum atomic E-state index is 13.3. The second-order valence-corrected chi connectivity index (χ2v) is 9.59. The fourth-order valence-corrected chi connectivity index (χ4v) is 5.55. The van der Waals surface area contributed by atoms with Crippen molar-refractivity contribution in [3.8, 4) is 0 Å². The Bertz CT molecular complexity index is 693. The number of hydrogen-bond donors (Lipinski definition) is 2. The van der Waals surface area contributed by atoms with Crippen molar-refractivity contribution in [2.24, 2.45) is 0 Å². The lowest BCUT2D eigenvalue weighted by Gasteiger charge is -2.28. The summed E-state index contributed by atoms with van der Waals surface area (Å²) in [5.41, 5.74) is 1.30. The van der Waals surface area contributed by atoms with Gasteiger partial charge in [0.15, 0.2) is 0 Å². The number of hydrogen-bond acceptors (Lipinski definition) is 4. The minimum absolute atomic E-state index is 0.101. The van der Waals surface area contributed by atoms with E-state index in [-0.39, 0.29) is 24.8 Å². The molecular weight excluding hydrogens is 382 g/mol. The molecule has 156 valence electrons. The molecule has 1 aromatic heterocycles. The van der Waals surface area contributed by atoms with Crippen LogP contribution in [-0.2, 0) is 11.2 Å². The molecule has 4 nitrogen and oxygen atoms in total. The van der Waals surface area contributed by atoms with Gasteiger partial charge in [-0.15, -0.1) is 11.3 Å². The quantitative estimate of drug-likeness (QED) is 0.735. The summed E-state index contributed by atoms with van der Waals surface area (Å²) in [6.45, 7) is 3.81. The van der Waals surface area contributed by atoms with Gasteiger partial charge in [-0.1, -0.05) is 6.92 Å². The number of carbonyl (C=O) groups is 1. The SMILES string of the molecule is CCc1sc(C(=O)NC2CCC(F)(F)CC2)cc1C1CC1NC1CCOCC1. The smallest absolute Gasteiger partial charge is 0.261 e. The average Bonchev–Trinajstić information content (AvgIpc) is 3.30. The van der Waals surface area contributed by atoms with Gasteiger partial charge in [-0.2, -0.15) is 0 Å². The summed E-state index contributed by atoms with van der Waals surface area (Å²) in [7, 11) is 0. The molecule has 2 saturated carbocycles. The van der Waals surface area contributed by atoms with E-state index in [9.17, 15) is 13.6 Å². The van der Waals surface area contributed by atoms with Gasteiger partial charge in [0, 0.05) is 55.0 Å². The van der Waals surface area contributed by atoms with Crippen molar-refractivity contribution < 1.29 is 18.3 Å². The lowest BCUT2D eigenvalue weighted by molar-refractivity contribution is -0.0399. The fourth-order valence-electron chi connectivity index (χ4n) is 4.48. The zero-order valence-electron chi connectivity index (χ0n) is 16.4. The van der Waals surface area contributed by atoms with Crippen LogP contribution in [0.2, 0.25) is 0 Å². The second kappa shape index (κ2) is 8.36. The van der Waals surface area contributed by atoms with Gasteiger partial charge in [-0.05, 0) is 50.2 Å². The number of thiophene rings is 1. The number of halogens is 2. The third kappa shape index (κ3) is 4.74. The highest BCUT2D eigenvalue weighted by atomic mass is 32.1. The molecule has 2 aliphatic carbocycles. The van der Waals surface area contributed by atoms with Gasteiger partial charge in [-0.25, -0.2) is 8.78 Å². The Morgan fingerprint density at radius 1 is 1.21 bits per heavy atom. The molecule has 3 aliphatic rings. The molecule has 1 amide bonds. The Kier molecular flexibility index (Phi) is 6.04. The first-order valence-corrected chi connectivity index (χ1v) is 11.4. The van der Waals surface area contributed by atoms with E-state index < -0.39 is 5.92 Å². The number of carbonyl (C=O) groups excluding carboxylic acids is 1. The molecule has 4 rings (SSSR count). The predicted molar refractivity (Wildman–Crippen MR) is 106 cm³/mol. The zero-order chi connectivity index (χ0) is 19.7. The highest BCUT2D eigenvalue weighted by Gasteiger charge is 2.42. The van der Waals surface area contributed by atoms with Crippen LogP contribution in [0.5, 0.6) is 0 Å². The number of ether oxygens (including phenoxy) is 1. The summed E-state index contributed by atoms with van der Waals surface area (Å²) in [4.78, 5) is 14.7. The maximum absolute atomic E-state index is 13.3. The zero-order valence-corrected chi connectivity index (χ0v) is 17.3. The number of aryl methyl sites for hydroxylation is 1. The predicted octanol–water partition coefficient (Wildman–Crippen LogP) is 4.24. The average molecular weight is 413 g/mol.